The molecule has 6 nitrogen and oxygen atoms in total. The summed E-state index contributed by atoms with van der Waals surface area (Å²) in [5, 5.41) is 0. The van der Waals surface area contributed by atoms with E-state index in [1.807, 2.05) is 13.0 Å². The fraction of sp³-hybridized carbons (Fsp3) is 0.421. The highest BCUT2D eigenvalue weighted by molar-refractivity contribution is 5.93. The van der Waals surface area contributed by atoms with E-state index in [-0.39, 0.29) is 23.7 Å². The first-order valence-electron chi connectivity index (χ1n) is 8.11. The van der Waals surface area contributed by atoms with Crippen LogP contribution in [-0.4, -0.2) is 36.2 Å². The zero-order valence-electron chi connectivity index (χ0n) is 14.2. The predicted molar refractivity (Wildman–Crippen MR) is 88.2 cm³/mol. The molecule has 0 aromatic carbocycles. The molecule has 0 aromatic rings. The van der Waals surface area contributed by atoms with Gasteiger partial charge in [-0.05, 0) is 26.0 Å². The molecule has 1 saturated heterocycles. The SMILES string of the molecule is C=C(C)C(=O)O[C@H]1CC2=CC(C/C(C)=C\[C@H]3OC(=O)C(=C)[C@H]13)OC2=O. The Labute approximate surface area is 145 Å². The molecule has 25 heavy (non-hydrogen) atoms. The normalized spacial score (nSPS) is 33.4. The van der Waals surface area contributed by atoms with Gasteiger partial charge in [-0.15, -0.1) is 0 Å². The largest absolute Gasteiger partial charge is 0.458 e. The lowest BCUT2D eigenvalue weighted by Gasteiger charge is -2.26. The van der Waals surface area contributed by atoms with Crippen LogP contribution in [0, 0.1) is 5.92 Å². The van der Waals surface area contributed by atoms with Gasteiger partial charge in [0.25, 0.3) is 0 Å². The second kappa shape index (κ2) is 6.35. The van der Waals surface area contributed by atoms with Gasteiger partial charge in [-0.3, -0.25) is 0 Å². The molecule has 0 radical (unpaired) electrons. The zero-order chi connectivity index (χ0) is 18.3. The summed E-state index contributed by atoms with van der Waals surface area (Å²) < 4.78 is 16.3. The molecule has 0 N–H and O–H groups in total. The molecule has 2 aliphatic heterocycles. The molecule has 3 aliphatic rings. The molecule has 4 atom stereocenters. The van der Waals surface area contributed by atoms with Gasteiger partial charge >= 0.3 is 17.9 Å². The number of ether oxygens (including phenoxy) is 3. The van der Waals surface area contributed by atoms with Crippen molar-refractivity contribution in [1.29, 1.82) is 0 Å². The van der Waals surface area contributed by atoms with Gasteiger partial charge in [0.1, 0.15) is 18.3 Å². The van der Waals surface area contributed by atoms with E-state index >= 15 is 0 Å². The van der Waals surface area contributed by atoms with Crippen molar-refractivity contribution in [2.75, 3.05) is 0 Å². The van der Waals surface area contributed by atoms with Crippen LogP contribution in [0.15, 0.2) is 47.6 Å². The lowest BCUT2D eigenvalue weighted by atomic mass is 9.85. The number of fused-ring (bicyclic) bond motifs is 2. The number of hydrogen-bond acceptors (Lipinski definition) is 6. The van der Waals surface area contributed by atoms with Crippen LogP contribution in [0.5, 0.6) is 0 Å². The van der Waals surface area contributed by atoms with Crippen LogP contribution in [-0.2, 0) is 28.6 Å². The van der Waals surface area contributed by atoms with Crippen LogP contribution in [0.3, 0.4) is 0 Å². The maximum Gasteiger partial charge on any atom is 0.334 e. The van der Waals surface area contributed by atoms with Crippen LogP contribution in [0.1, 0.15) is 26.7 Å². The number of carbonyl (C=O) groups is 3. The molecule has 2 heterocycles. The van der Waals surface area contributed by atoms with Crippen molar-refractivity contribution in [3.63, 3.8) is 0 Å². The summed E-state index contributed by atoms with van der Waals surface area (Å²) in [7, 11) is 0. The minimum Gasteiger partial charge on any atom is -0.458 e. The molecule has 1 fully saturated rings. The Morgan fingerprint density at radius 2 is 1.92 bits per heavy atom. The monoisotopic (exact) mass is 344 g/mol. The molecular formula is C19H20O6. The molecule has 132 valence electrons. The van der Waals surface area contributed by atoms with E-state index in [4.69, 9.17) is 14.2 Å². The van der Waals surface area contributed by atoms with Crippen LogP contribution in [0.4, 0.5) is 0 Å². The maximum absolute atomic E-state index is 12.1. The molecule has 0 aromatic heterocycles. The molecule has 2 bridgehead atoms. The Morgan fingerprint density at radius 1 is 1.20 bits per heavy atom. The van der Waals surface area contributed by atoms with E-state index in [2.05, 4.69) is 13.2 Å². The summed E-state index contributed by atoms with van der Waals surface area (Å²) in [5.41, 5.74) is 1.82. The zero-order valence-corrected chi connectivity index (χ0v) is 14.2. The van der Waals surface area contributed by atoms with E-state index in [1.54, 1.807) is 6.08 Å². The van der Waals surface area contributed by atoms with Gasteiger partial charge in [-0.25, -0.2) is 14.4 Å². The van der Waals surface area contributed by atoms with Gasteiger partial charge in [-0.1, -0.05) is 18.7 Å². The van der Waals surface area contributed by atoms with Crippen LogP contribution >= 0.6 is 0 Å². The van der Waals surface area contributed by atoms with E-state index in [1.165, 1.54) is 6.92 Å². The van der Waals surface area contributed by atoms with Gasteiger partial charge < -0.3 is 14.2 Å². The Morgan fingerprint density at radius 3 is 2.60 bits per heavy atom. The summed E-state index contributed by atoms with van der Waals surface area (Å²) in [6.45, 7) is 10.8. The lowest BCUT2D eigenvalue weighted by molar-refractivity contribution is -0.148. The smallest absolute Gasteiger partial charge is 0.334 e. The minimum absolute atomic E-state index is 0.137. The van der Waals surface area contributed by atoms with Gasteiger partial charge in [0.15, 0.2) is 0 Å². The fourth-order valence-corrected chi connectivity index (χ4v) is 3.33. The molecule has 1 aliphatic carbocycles. The van der Waals surface area contributed by atoms with Crippen molar-refractivity contribution >= 4 is 17.9 Å². The predicted octanol–water partition coefficient (Wildman–Crippen LogP) is 2.16. The Balaban J connectivity index is 2.01. The van der Waals surface area contributed by atoms with Crippen LogP contribution in [0.25, 0.3) is 0 Å². The molecule has 6 heteroatoms. The lowest BCUT2D eigenvalue weighted by Crippen LogP contribution is -2.34. The highest BCUT2D eigenvalue weighted by Gasteiger charge is 2.46. The van der Waals surface area contributed by atoms with Crippen molar-refractivity contribution in [1.82, 2.24) is 0 Å². The fourth-order valence-electron chi connectivity index (χ4n) is 3.33. The second-order valence-corrected chi connectivity index (χ2v) is 6.70. The Kier molecular flexibility index (Phi) is 4.37. The number of esters is 3. The summed E-state index contributed by atoms with van der Waals surface area (Å²) in [4.78, 5) is 36.2. The molecular weight excluding hydrogens is 324 g/mol. The van der Waals surface area contributed by atoms with Gasteiger partial charge in [0.2, 0.25) is 0 Å². The highest BCUT2D eigenvalue weighted by atomic mass is 16.6. The van der Waals surface area contributed by atoms with E-state index in [0.29, 0.717) is 12.0 Å². The first-order chi connectivity index (χ1) is 11.8. The summed E-state index contributed by atoms with van der Waals surface area (Å²) in [6.07, 6.45) is 2.52. The number of hydrogen-bond donors (Lipinski definition) is 0. The average Bonchev–Trinajstić information content (AvgIpc) is 2.98. The van der Waals surface area contributed by atoms with E-state index in [9.17, 15) is 14.4 Å². The number of carbonyl (C=O) groups excluding carboxylic acids is 3. The van der Waals surface area contributed by atoms with Crippen molar-refractivity contribution < 1.29 is 28.6 Å². The molecule has 0 amide bonds. The second-order valence-electron chi connectivity index (χ2n) is 6.70. The molecule has 1 unspecified atom stereocenters. The van der Waals surface area contributed by atoms with E-state index in [0.717, 1.165) is 5.57 Å². The highest BCUT2D eigenvalue weighted by Crippen LogP contribution is 2.38. The summed E-state index contributed by atoms with van der Waals surface area (Å²) >= 11 is 0. The minimum atomic E-state index is -0.771. The summed E-state index contributed by atoms with van der Waals surface area (Å²) in [5.74, 6) is -2.09. The summed E-state index contributed by atoms with van der Waals surface area (Å²) in [6, 6.07) is 0. The topological polar surface area (TPSA) is 78.9 Å². The van der Waals surface area contributed by atoms with E-state index < -0.39 is 36.0 Å². The molecule has 0 saturated carbocycles. The first kappa shape index (κ1) is 17.2. The third-order valence-electron chi connectivity index (χ3n) is 4.57. The Hall–Kier alpha value is -2.63. The van der Waals surface area contributed by atoms with Crippen molar-refractivity contribution in [2.45, 2.75) is 45.0 Å². The van der Waals surface area contributed by atoms with Crippen LogP contribution in [0.2, 0.25) is 0 Å². The first-order valence-corrected chi connectivity index (χ1v) is 8.11. The van der Waals surface area contributed by atoms with Crippen LogP contribution < -0.4 is 0 Å². The Bertz CT molecular complexity index is 741. The van der Waals surface area contributed by atoms with Gasteiger partial charge in [-0.2, -0.15) is 0 Å². The van der Waals surface area contributed by atoms with Crippen molar-refractivity contribution in [3.05, 3.63) is 47.6 Å². The number of rotatable bonds is 2. The van der Waals surface area contributed by atoms with Gasteiger partial charge in [0.05, 0.1) is 5.92 Å². The molecule has 0 spiro atoms. The van der Waals surface area contributed by atoms with Gasteiger partial charge in [0, 0.05) is 29.6 Å². The van der Waals surface area contributed by atoms with Crippen molar-refractivity contribution in [3.8, 4) is 0 Å². The third-order valence-corrected chi connectivity index (χ3v) is 4.57. The standard InChI is InChI=1S/C19H20O6/c1-9(2)17(20)24-15-8-12-7-13(23-19(12)22)5-10(3)6-14-16(15)11(4)18(21)25-14/h6-7,13-16H,1,4-5,8H2,2-3H3/b10-6-/t13?,14-,15+,16+/m1/s1. The third kappa shape index (κ3) is 3.29. The average molecular weight is 344 g/mol. The molecule has 3 rings (SSSR count). The van der Waals surface area contributed by atoms with Crippen molar-refractivity contribution in [2.24, 2.45) is 5.92 Å². The quantitative estimate of drug-likeness (QED) is 0.331. The maximum atomic E-state index is 12.1.